The van der Waals surface area contributed by atoms with Crippen molar-refractivity contribution in [2.45, 2.75) is 25.2 Å². The smallest absolute Gasteiger partial charge is 0.291 e. The van der Waals surface area contributed by atoms with E-state index in [1.165, 1.54) is 0 Å². The largest absolute Gasteiger partial charge is 0.451 e. The van der Waals surface area contributed by atoms with Crippen molar-refractivity contribution in [2.75, 3.05) is 18.4 Å². The first-order valence-corrected chi connectivity index (χ1v) is 12.2. The van der Waals surface area contributed by atoms with E-state index >= 15 is 0 Å². The molecule has 7 heteroatoms. The molecule has 3 heterocycles. The van der Waals surface area contributed by atoms with Gasteiger partial charge in [-0.15, -0.1) is 0 Å². The average molecular weight is 479 g/mol. The topological polar surface area (TPSA) is 91.2 Å². The Morgan fingerprint density at radius 1 is 0.972 bits per heavy atom. The molecule has 0 bridgehead atoms. The maximum Gasteiger partial charge on any atom is 0.291 e. The number of nitrogens with one attached hydrogen (secondary N) is 2. The van der Waals surface area contributed by atoms with Gasteiger partial charge in [-0.1, -0.05) is 42.5 Å². The Hall–Kier alpha value is -4.39. The molecule has 1 aliphatic rings. The van der Waals surface area contributed by atoms with E-state index in [1.807, 2.05) is 77.7 Å². The van der Waals surface area contributed by atoms with E-state index in [0.29, 0.717) is 23.6 Å². The number of nitrogens with zero attached hydrogens (tertiary/aromatic N) is 2. The van der Waals surface area contributed by atoms with Gasteiger partial charge in [0.1, 0.15) is 11.4 Å². The summed E-state index contributed by atoms with van der Waals surface area (Å²) in [6, 6.07) is 24.7. The summed E-state index contributed by atoms with van der Waals surface area (Å²) in [5.74, 6) is 1.45. The van der Waals surface area contributed by atoms with E-state index in [4.69, 9.17) is 9.40 Å². The second-order valence-electron chi connectivity index (χ2n) is 9.27. The number of para-hydroxylation sites is 3. The number of benzene rings is 3. The summed E-state index contributed by atoms with van der Waals surface area (Å²) in [7, 11) is 0. The fourth-order valence-corrected chi connectivity index (χ4v) is 4.85. The number of anilines is 1. The number of hydrogen-bond donors (Lipinski definition) is 2. The molecule has 0 aliphatic carbocycles. The third-order valence-electron chi connectivity index (χ3n) is 6.86. The molecule has 36 heavy (non-hydrogen) atoms. The SMILES string of the molecule is O=C(Nc1ccc(CC(=O)N2CCC(c3nc4ccccc4[nH]3)CC2)cc1)c1cc2ccccc2o1. The van der Waals surface area contributed by atoms with Gasteiger partial charge in [-0.05, 0) is 54.8 Å². The number of aromatic nitrogens is 2. The minimum Gasteiger partial charge on any atom is -0.451 e. The molecular formula is C29H26N4O3. The Kier molecular flexibility index (Phi) is 5.73. The predicted molar refractivity (Wildman–Crippen MR) is 139 cm³/mol. The molecule has 3 aromatic carbocycles. The van der Waals surface area contributed by atoms with Crippen molar-refractivity contribution in [3.05, 3.63) is 96.0 Å². The van der Waals surface area contributed by atoms with Crippen molar-refractivity contribution in [2.24, 2.45) is 0 Å². The number of aromatic amines is 1. The Morgan fingerprint density at radius 3 is 2.50 bits per heavy atom. The number of rotatable bonds is 5. The second-order valence-corrected chi connectivity index (χ2v) is 9.27. The maximum atomic E-state index is 12.9. The van der Waals surface area contributed by atoms with Crippen LogP contribution in [0.4, 0.5) is 5.69 Å². The number of imidazole rings is 1. The number of furan rings is 1. The van der Waals surface area contributed by atoms with Crippen molar-refractivity contribution < 1.29 is 14.0 Å². The molecule has 180 valence electrons. The molecule has 2 N–H and O–H groups in total. The number of amides is 2. The number of likely N-dealkylation sites (tertiary alicyclic amines) is 1. The first-order chi connectivity index (χ1) is 17.6. The Morgan fingerprint density at radius 2 is 1.72 bits per heavy atom. The van der Waals surface area contributed by atoms with Gasteiger partial charge >= 0.3 is 0 Å². The van der Waals surface area contributed by atoms with Crippen molar-refractivity contribution >= 4 is 39.5 Å². The van der Waals surface area contributed by atoms with Crippen LogP contribution in [-0.4, -0.2) is 39.8 Å². The van der Waals surface area contributed by atoms with Crippen molar-refractivity contribution in [3.8, 4) is 0 Å². The summed E-state index contributed by atoms with van der Waals surface area (Å²) in [5, 5.41) is 3.74. The van der Waals surface area contributed by atoms with E-state index in [-0.39, 0.29) is 17.6 Å². The van der Waals surface area contributed by atoms with E-state index in [2.05, 4.69) is 10.3 Å². The van der Waals surface area contributed by atoms with E-state index < -0.39 is 0 Å². The molecule has 2 aromatic heterocycles. The average Bonchev–Trinajstić information content (AvgIpc) is 3.54. The van der Waals surface area contributed by atoms with Crippen LogP contribution >= 0.6 is 0 Å². The van der Waals surface area contributed by atoms with E-state index in [0.717, 1.165) is 53.7 Å². The molecule has 0 unspecified atom stereocenters. The lowest BCUT2D eigenvalue weighted by atomic mass is 9.95. The fraction of sp³-hybridized carbons (Fsp3) is 0.207. The molecule has 0 spiro atoms. The van der Waals surface area contributed by atoms with Gasteiger partial charge in [0, 0.05) is 30.1 Å². The van der Waals surface area contributed by atoms with Gasteiger partial charge in [0.05, 0.1) is 17.5 Å². The standard InChI is InChI=1S/C29H26N4O3/c34-27(33-15-13-20(14-16-33)28-31-23-6-2-3-7-24(23)32-28)17-19-9-11-22(12-10-19)30-29(35)26-18-21-5-1-4-8-25(21)36-26/h1-12,18,20H,13-17H2,(H,30,35)(H,31,32). The normalized spacial score (nSPS) is 14.4. The lowest BCUT2D eigenvalue weighted by Gasteiger charge is -2.31. The van der Waals surface area contributed by atoms with Gasteiger partial charge in [0.2, 0.25) is 5.91 Å². The van der Waals surface area contributed by atoms with Gasteiger partial charge in [-0.2, -0.15) is 0 Å². The highest BCUT2D eigenvalue weighted by molar-refractivity contribution is 6.04. The number of hydrogen-bond acceptors (Lipinski definition) is 4. The summed E-state index contributed by atoms with van der Waals surface area (Å²) in [6.45, 7) is 1.46. The first kappa shape index (κ1) is 22.1. The number of H-pyrrole nitrogens is 1. The quantitative estimate of drug-likeness (QED) is 0.348. The highest BCUT2D eigenvalue weighted by Gasteiger charge is 2.25. The summed E-state index contributed by atoms with van der Waals surface area (Å²) < 4.78 is 5.63. The third-order valence-corrected chi connectivity index (χ3v) is 6.86. The zero-order valence-corrected chi connectivity index (χ0v) is 19.7. The lowest BCUT2D eigenvalue weighted by molar-refractivity contribution is -0.131. The van der Waals surface area contributed by atoms with Gasteiger partial charge < -0.3 is 19.6 Å². The Bertz CT molecular complexity index is 1480. The van der Waals surface area contributed by atoms with Crippen molar-refractivity contribution in [1.82, 2.24) is 14.9 Å². The number of fused-ring (bicyclic) bond motifs is 2. The van der Waals surface area contributed by atoms with Gasteiger partial charge in [0.25, 0.3) is 5.91 Å². The zero-order valence-electron chi connectivity index (χ0n) is 19.7. The number of carbonyl (C=O) groups excluding carboxylic acids is 2. The highest BCUT2D eigenvalue weighted by atomic mass is 16.3. The molecule has 7 nitrogen and oxygen atoms in total. The third kappa shape index (κ3) is 4.47. The van der Waals surface area contributed by atoms with Crippen LogP contribution in [0.2, 0.25) is 0 Å². The van der Waals surface area contributed by atoms with Crippen LogP contribution in [0.5, 0.6) is 0 Å². The van der Waals surface area contributed by atoms with Crippen LogP contribution < -0.4 is 5.32 Å². The fourth-order valence-electron chi connectivity index (χ4n) is 4.85. The molecule has 6 rings (SSSR count). The lowest BCUT2D eigenvalue weighted by Crippen LogP contribution is -2.39. The Balaban J connectivity index is 1.03. The molecule has 2 amide bonds. The summed E-state index contributed by atoms with van der Waals surface area (Å²) in [5.41, 5.74) is 4.30. The van der Waals surface area contributed by atoms with Crippen molar-refractivity contribution in [1.29, 1.82) is 0 Å². The first-order valence-electron chi connectivity index (χ1n) is 12.2. The van der Waals surface area contributed by atoms with Crippen LogP contribution in [0.15, 0.2) is 83.3 Å². The molecule has 1 aliphatic heterocycles. The molecular weight excluding hydrogens is 452 g/mol. The number of carbonyl (C=O) groups is 2. The number of piperidine rings is 1. The molecule has 0 atom stereocenters. The van der Waals surface area contributed by atoms with Crippen LogP contribution in [0.1, 0.15) is 40.7 Å². The van der Waals surface area contributed by atoms with Crippen molar-refractivity contribution in [3.63, 3.8) is 0 Å². The monoisotopic (exact) mass is 478 g/mol. The van der Waals surface area contributed by atoms with Gasteiger partial charge in [-0.3, -0.25) is 9.59 Å². The predicted octanol–water partition coefficient (Wildman–Crippen LogP) is 5.51. The zero-order chi connectivity index (χ0) is 24.5. The van der Waals surface area contributed by atoms with Gasteiger partial charge in [0.15, 0.2) is 5.76 Å². The van der Waals surface area contributed by atoms with Crippen LogP contribution in [-0.2, 0) is 11.2 Å². The molecule has 1 saturated heterocycles. The molecule has 1 fully saturated rings. The minimum atomic E-state index is -0.303. The minimum absolute atomic E-state index is 0.122. The van der Waals surface area contributed by atoms with Crippen LogP contribution in [0.3, 0.4) is 0 Å². The van der Waals surface area contributed by atoms with Gasteiger partial charge in [-0.25, -0.2) is 4.98 Å². The summed E-state index contributed by atoms with van der Waals surface area (Å²) in [6.07, 6.45) is 2.14. The second kappa shape index (κ2) is 9.34. The summed E-state index contributed by atoms with van der Waals surface area (Å²) >= 11 is 0. The van der Waals surface area contributed by atoms with E-state index in [9.17, 15) is 9.59 Å². The van der Waals surface area contributed by atoms with Crippen LogP contribution in [0.25, 0.3) is 22.0 Å². The summed E-state index contributed by atoms with van der Waals surface area (Å²) in [4.78, 5) is 35.6. The highest BCUT2D eigenvalue weighted by Crippen LogP contribution is 2.28. The Labute approximate surface area is 208 Å². The van der Waals surface area contributed by atoms with E-state index in [1.54, 1.807) is 6.07 Å². The maximum absolute atomic E-state index is 12.9. The van der Waals surface area contributed by atoms with Crippen LogP contribution in [0, 0.1) is 0 Å². The molecule has 0 saturated carbocycles. The molecule has 0 radical (unpaired) electrons. The molecule has 5 aromatic rings.